The molecule has 0 bridgehead atoms. The van der Waals surface area contributed by atoms with Crippen LogP contribution in [0.2, 0.25) is 0 Å². The summed E-state index contributed by atoms with van der Waals surface area (Å²) in [6.45, 7) is 4.37. The molecule has 0 amide bonds. The summed E-state index contributed by atoms with van der Waals surface area (Å²) in [6.07, 6.45) is 0.780. The highest BCUT2D eigenvalue weighted by molar-refractivity contribution is 5.78. The first-order valence-electron chi connectivity index (χ1n) is 6.06. The van der Waals surface area contributed by atoms with E-state index in [1.54, 1.807) is 17.0 Å². The van der Waals surface area contributed by atoms with E-state index >= 15 is 0 Å². The Morgan fingerprint density at radius 3 is 2.68 bits per heavy atom. The van der Waals surface area contributed by atoms with E-state index in [0.717, 1.165) is 12.0 Å². The first kappa shape index (κ1) is 14.9. The summed E-state index contributed by atoms with van der Waals surface area (Å²) >= 11 is 0. The SMILES string of the molecule is CCCN(CC(=O)OC)c1cc(C)ccc1[N+](=O)[O-]. The maximum absolute atomic E-state index is 11.4. The van der Waals surface area contributed by atoms with Gasteiger partial charge in [0.15, 0.2) is 0 Å². The number of carbonyl (C=O) groups excluding carboxylic acids is 1. The molecule has 0 spiro atoms. The molecule has 0 aliphatic rings. The third-order valence-electron chi connectivity index (χ3n) is 2.71. The summed E-state index contributed by atoms with van der Waals surface area (Å²) in [5, 5.41) is 11.1. The predicted octanol–water partition coefficient (Wildman–Crippen LogP) is 2.29. The second-order valence-electron chi connectivity index (χ2n) is 4.25. The number of carbonyl (C=O) groups is 1. The van der Waals surface area contributed by atoms with Crippen LogP contribution in [0.3, 0.4) is 0 Å². The van der Waals surface area contributed by atoms with Gasteiger partial charge < -0.3 is 9.64 Å². The van der Waals surface area contributed by atoms with E-state index in [4.69, 9.17) is 0 Å². The molecule has 0 heterocycles. The molecule has 1 aromatic rings. The van der Waals surface area contributed by atoms with Crippen molar-refractivity contribution in [3.63, 3.8) is 0 Å². The van der Waals surface area contributed by atoms with Crippen molar-refractivity contribution in [1.29, 1.82) is 0 Å². The van der Waals surface area contributed by atoms with Crippen LogP contribution in [0, 0.1) is 17.0 Å². The Morgan fingerprint density at radius 1 is 1.47 bits per heavy atom. The van der Waals surface area contributed by atoms with Gasteiger partial charge in [-0.25, -0.2) is 0 Å². The number of anilines is 1. The van der Waals surface area contributed by atoms with Crippen LogP contribution in [0.25, 0.3) is 0 Å². The number of nitro benzene ring substituents is 1. The highest BCUT2D eigenvalue weighted by atomic mass is 16.6. The molecule has 0 aliphatic carbocycles. The van der Waals surface area contributed by atoms with Crippen molar-refractivity contribution in [1.82, 2.24) is 0 Å². The number of methoxy groups -OCH3 is 1. The number of nitro groups is 1. The van der Waals surface area contributed by atoms with Gasteiger partial charge in [-0.1, -0.05) is 13.0 Å². The third kappa shape index (κ3) is 3.94. The number of hydrogen-bond donors (Lipinski definition) is 0. The molecule has 1 rings (SSSR count). The van der Waals surface area contributed by atoms with Crippen LogP contribution in [0.1, 0.15) is 18.9 Å². The first-order chi connectivity index (χ1) is 8.99. The zero-order valence-electron chi connectivity index (χ0n) is 11.4. The smallest absolute Gasteiger partial charge is 0.325 e. The van der Waals surface area contributed by atoms with E-state index < -0.39 is 10.9 Å². The fourth-order valence-electron chi connectivity index (χ4n) is 1.82. The van der Waals surface area contributed by atoms with Crippen molar-refractivity contribution < 1.29 is 14.5 Å². The van der Waals surface area contributed by atoms with E-state index in [2.05, 4.69) is 4.74 Å². The quantitative estimate of drug-likeness (QED) is 0.448. The molecule has 0 fully saturated rings. The molecule has 0 aromatic heterocycles. The van der Waals surface area contributed by atoms with Crippen molar-refractivity contribution in [2.24, 2.45) is 0 Å². The van der Waals surface area contributed by atoms with Crippen LogP contribution in [0.4, 0.5) is 11.4 Å². The largest absolute Gasteiger partial charge is 0.468 e. The molecule has 0 unspecified atom stereocenters. The van der Waals surface area contributed by atoms with Crippen molar-refractivity contribution in [3.8, 4) is 0 Å². The van der Waals surface area contributed by atoms with Crippen LogP contribution in [0.15, 0.2) is 18.2 Å². The third-order valence-corrected chi connectivity index (χ3v) is 2.71. The number of aryl methyl sites for hydroxylation is 1. The zero-order chi connectivity index (χ0) is 14.4. The molecule has 104 valence electrons. The maximum atomic E-state index is 11.4. The summed E-state index contributed by atoms with van der Waals surface area (Å²) in [5.41, 5.74) is 1.37. The van der Waals surface area contributed by atoms with Gasteiger partial charge in [0.25, 0.3) is 5.69 Å². The minimum Gasteiger partial charge on any atom is -0.468 e. The molecule has 1 aromatic carbocycles. The van der Waals surface area contributed by atoms with Gasteiger partial charge in [-0.05, 0) is 25.0 Å². The van der Waals surface area contributed by atoms with Gasteiger partial charge in [0.05, 0.1) is 12.0 Å². The highest BCUT2D eigenvalue weighted by Crippen LogP contribution is 2.29. The Kier molecular flexibility index (Phi) is 5.29. The molecule has 19 heavy (non-hydrogen) atoms. The van der Waals surface area contributed by atoms with Gasteiger partial charge in [0.2, 0.25) is 0 Å². The minimum atomic E-state index is -0.436. The number of esters is 1. The van der Waals surface area contributed by atoms with E-state index in [1.165, 1.54) is 13.2 Å². The minimum absolute atomic E-state index is 0.00273. The Labute approximate surface area is 112 Å². The molecule has 6 nitrogen and oxygen atoms in total. The molecule has 0 saturated carbocycles. The van der Waals surface area contributed by atoms with E-state index in [0.29, 0.717) is 12.2 Å². The lowest BCUT2D eigenvalue weighted by Gasteiger charge is -2.23. The van der Waals surface area contributed by atoms with Crippen LogP contribution in [-0.2, 0) is 9.53 Å². The second kappa shape index (κ2) is 6.72. The number of rotatable bonds is 6. The first-order valence-corrected chi connectivity index (χ1v) is 6.06. The van der Waals surface area contributed by atoms with Gasteiger partial charge in [-0.3, -0.25) is 14.9 Å². The van der Waals surface area contributed by atoms with E-state index in [9.17, 15) is 14.9 Å². The van der Waals surface area contributed by atoms with Crippen molar-refractivity contribution >= 4 is 17.3 Å². The van der Waals surface area contributed by atoms with Gasteiger partial charge in [-0.15, -0.1) is 0 Å². The van der Waals surface area contributed by atoms with Crippen molar-refractivity contribution in [3.05, 3.63) is 33.9 Å². The molecule has 0 atom stereocenters. The topological polar surface area (TPSA) is 72.7 Å². The summed E-state index contributed by atoms with van der Waals surface area (Å²) in [6, 6.07) is 4.87. The Bertz CT molecular complexity index is 474. The Hall–Kier alpha value is -2.11. The summed E-state index contributed by atoms with van der Waals surface area (Å²) in [7, 11) is 1.30. The fourth-order valence-corrected chi connectivity index (χ4v) is 1.82. The lowest BCUT2D eigenvalue weighted by Crippen LogP contribution is -2.31. The standard InChI is InChI=1S/C13H18N2O4/c1-4-7-14(9-13(16)19-3)12-8-10(2)5-6-11(12)15(17)18/h5-6,8H,4,7,9H2,1-3H3. The fraction of sp³-hybridized carbons (Fsp3) is 0.462. The van der Waals surface area contributed by atoms with Gasteiger partial charge >= 0.3 is 5.97 Å². The lowest BCUT2D eigenvalue weighted by molar-refractivity contribution is -0.384. The van der Waals surface area contributed by atoms with E-state index in [1.807, 2.05) is 13.8 Å². The number of benzene rings is 1. The monoisotopic (exact) mass is 266 g/mol. The average Bonchev–Trinajstić information content (AvgIpc) is 2.37. The number of nitrogens with zero attached hydrogens (tertiary/aromatic N) is 2. The summed E-state index contributed by atoms with van der Waals surface area (Å²) in [4.78, 5) is 23.7. The van der Waals surface area contributed by atoms with Crippen LogP contribution >= 0.6 is 0 Å². The Balaban J connectivity index is 3.16. The number of hydrogen-bond acceptors (Lipinski definition) is 5. The summed E-state index contributed by atoms with van der Waals surface area (Å²) < 4.78 is 4.63. The predicted molar refractivity (Wildman–Crippen MR) is 72.4 cm³/mol. The molecular weight excluding hydrogens is 248 g/mol. The van der Waals surface area contributed by atoms with Crippen LogP contribution in [-0.4, -0.2) is 31.1 Å². The van der Waals surface area contributed by atoms with E-state index in [-0.39, 0.29) is 12.2 Å². The number of ether oxygens (including phenoxy) is 1. The molecule has 0 aliphatic heterocycles. The molecule has 6 heteroatoms. The van der Waals surface area contributed by atoms with Gasteiger partial charge in [0.1, 0.15) is 12.2 Å². The van der Waals surface area contributed by atoms with Gasteiger partial charge in [-0.2, -0.15) is 0 Å². The highest BCUT2D eigenvalue weighted by Gasteiger charge is 2.21. The van der Waals surface area contributed by atoms with Crippen molar-refractivity contribution in [2.75, 3.05) is 25.1 Å². The zero-order valence-corrected chi connectivity index (χ0v) is 11.4. The maximum Gasteiger partial charge on any atom is 0.325 e. The normalized spacial score (nSPS) is 10.1. The molecule has 0 N–H and O–H groups in total. The molecule has 0 saturated heterocycles. The van der Waals surface area contributed by atoms with Crippen molar-refractivity contribution in [2.45, 2.75) is 20.3 Å². The molecule has 0 radical (unpaired) electrons. The second-order valence-corrected chi connectivity index (χ2v) is 4.25. The lowest BCUT2D eigenvalue weighted by atomic mass is 10.1. The molecular formula is C13H18N2O4. The average molecular weight is 266 g/mol. The van der Waals surface area contributed by atoms with Crippen LogP contribution < -0.4 is 4.90 Å². The summed E-state index contributed by atoms with van der Waals surface area (Å²) in [5.74, 6) is -0.413. The van der Waals surface area contributed by atoms with Gasteiger partial charge in [0, 0.05) is 12.6 Å². The van der Waals surface area contributed by atoms with Crippen LogP contribution in [0.5, 0.6) is 0 Å². The Morgan fingerprint density at radius 2 is 2.16 bits per heavy atom.